The Morgan fingerprint density at radius 1 is 0.829 bits per heavy atom. The zero-order valence-electron chi connectivity index (χ0n) is 20.0. The van der Waals surface area contributed by atoms with Crippen molar-refractivity contribution in [3.05, 3.63) is 59.7 Å². The van der Waals surface area contributed by atoms with Crippen LogP contribution in [0.2, 0.25) is 0 Å². The fourth-order valence-electron chi connectivity index (χ4n) is 3.73. The molecule has 184 valence electrons. The van der Waals surface area contributed by atoms with Gasteiger partial charge >= 0.3 is 12.0 Å². The summed E-state index contributed by atoms with van der Waals surface area (Å²) in [5, 5.41) is 0. The summed E-state index contributed by atoms with van der Waals surface area (Å²) in [5.41, 5.74) is 1.18. The number of methoxy groups -OCH3 is 1. The molecule has 0 aliphatic carbocycles. The number of Topliss-reactive ketones (excluding diaryl/α,β-unsaturated/α-hetero) is 1. The van der Waals surface area contributed by atoms with Gasteiger partial charge in [0.2, 0.25) is 11.8 Å². The molecule has 1 heterocycles. The number of urea groups is 1. The lowest BCUT2D eigenvalue weighted by atomic mass is 9.95. The molecule has 0 radical (unpaired) electrons. The molecule has 4 amide bonds. The van der Waals surface area contributed by atoms with Crippen LogP contribution >= 0.6 is 0 Å². The summed E-state index contributed by atoms with van der Waals surface area (Å²) in [4.78, 5) is 65.6. The third kappa shape index (κ3) is 5.63. The van der Waals surface area contributed by atoms with Gasteiger partial charge in [0.1, 0.15) is 12.5 Å². The number of imide groups is 2. The second-order valence-corrected chi connectivity index (χ2v) is 8.10. The van der Waals surface area contributed by atoms with E-state index in [0.717, 1.165) is 16.2 Å². The fourth-order valence-corrected chi connectivity index (χ4v) is 3.73. The normalized spacial score (nSPS) is 16.0. The van der Waals surface area contributed by atoms with Crippen LogP contribution in [0.4, 0.5) is 16.2 Å². The Labute approximate surface area is 203 Å². The molecule has 1 fully saturated rings. The SMILES string of the molecule is CCCCC1C(=O)N(c2ccc(C(C)=O)cc2)C(=O)N(c2ccc(C(=O)OCCOC)cc2)C1=O. The Balaban J connectivity index is 1.94. The van der Waals surface area contributed by atoms with E-state index >= 15 is 0 Å². The molecule has 35 heavy (non-hydrogen) atoms. The van der Waals surface area contributed by atoms with E-state index in [4.69, 9.17) is 9.47 Å². The first-order chi connectivity index (χ1) is 16.8. The molecule has 9 nitrogen and oxygen atoms in total. The van der Waals surface area contributed by atoms with Crippen molar-refractivity contribution >= 4 is 41.0 Å². The van der Waals surface area contributed by atoms with Crippen LogP contribution in [0.3, 0.4) is 0 Å². The molecule has 0 N–H and O–H groups in total. The minimum atomic E-state index is -1.03. The summed E-state index contributed by atoms with van der Waals surface area (Å²) in [7, 11) is 1.49. The summed E-state index contributed by atoms with van der Waals surface area (Å²) in [6.45, 7) is 3.73. The predicted molar refractivity (Wildman–Crippen MR) is 128 cm³/mol. The van der Waals surface area contributed by atoms with Gasteiger partial charge in [-0.2, -0.15) is 0 Å². The molecule has 0 aromatic heterocycles. The summed E-state index contributed by atoms with van der Waals surface area (Å²) < 4.78 is 9.94. The molecule has 0 bridgehead atoms. The van der Waals surface area contributed by atoms with E-state index in [1.54, 1.807) is 0 Å². The number of benzene rings is 2. The first-order valence-electron chi connectivity index (χ1n) is 11.4. The molecular weight excluding hydrogens is 452 g/mol. The van der Waals surface area contributed by atoms with Gasteiger partial charge in [-0.05, 0) is 61.9 Å². The molecule has 2 aromatic carbocycles. The van der Waals surface area contributed by atoms with Crippen LogP contribution < -0.4 is 9.80 Å². The Hall–Kier alpha value is -3.85. The number of ketones is 1. The summed E-state index contributed by atoms with van der Waals surface area (Å²) in [5.74, 6) is -2.95. The van der Waals surface area contributed by atoms with Gasteiger partial charge in [-0.25, -0.2) is 19.4 Å². The zero-order valence-corrected chi connectivity index (χ0v) is 20.0. The molecule has 2 aromatic rings. The third-order valence-corrected chi connectivity index (χ3v) is 5.68. The number of esters is 1. The van der Waals surface area contributed by atoms with Gasteiger partial charge in [-0.15, -0.1) is 0 Å². The highest BCUT2D eigenvalue weighted by Gasteiger charge is 2.46. The van der Waals surface area contributed by atoms with Crippen LogP contribution in [-0.4, -0.2) is 49.9 Å². The van der Waals surface area contributed by atoms with E-state index in [2.05, 4.69) is 0 Å². The van der Waals surface area contributed by atoms with Crippen molar-refractivity contribution in [2.75, 3.05) is 30.1 Å². The van der Waals surface area contributed by atoms with E-state index in [9.17, 15) is 24.0 Å². The fraction of sp³-hybridized carbons (Fsp3) is 0.346. The zero-order chi connectivity index (χ0) is 25.5. The monoisotopic (exact) mass is 480 g/mol. The lowest BCUT2D eigenvalue weighted by Crippen LogP contribution is -2.60. The summed E-state index contributed by atoms with van der Waals surface area (Å²) in [6.07, 6.45) is 1.70. The van der Waals surface area contributed by atoms with Crippen LogP contribution in [0.5, 0.6) is 0 Å². The third-order valence-electron chi connectivity index (χ3n) is 5.68. The number of anilines is 2. The first-order valence-corrected chi connectivity index (χ1v) is 11.4. The Kier molecular flexibility index (Phi) is 8.48. The molecule has 0 spiro atoms. The minimum absolute atomic E-state index is 0.0960. The minimum Gasteiger partial charge on any atom is -0.460 e. The Bertz CT molecular complexity index is 1110. The van der Waals surface area contributed by atoms with E-state index in [0.29, 0.717) is 18.4 Å². The maximum atomic E-state index is 13.4. The van der Waals surface area contributed by atoms with Gasteiger partial charge in [-0.1, -0.05) is 19.8 Å². The van der Waals surface area contributed by atoms with E-state index in [-0.39, 0.29) is 35.9 Å². The van der Waals surface area contributed by atoms with Gasteiger partial charge in [0.05, 0.1) is 23.5 Å². The second-order valence-electron chi connectivity index (χ2n) is 8.10. The van der Waals surface area contributed by atoms with Crippen molar-refractivity contribution in [3.8, 4) is 0 Å². The van der Waals surface area contributed by atoms with E-state index in [1.165, 1.54) is 62.6 Å². The number of rotatable bonds is 10. The van der Waals surface area contributed by atoms with Crippen molar-refractivity contribution in [1.29, 1.82) is 0 Å². The van der Waals surface area contributed by atoms with Crippen LogP contribution in [0.25, 0.3) is 0 Å². The van der Waals surface area contributed by atoms with Gasteiger partial charge < -0.3 is 9.47 Å². The summed E-state index contributed by atoms with van der Waals surface area (Å²) >= 11 is 0. The highest BCUT2D eigenvalue weighted by molar-refractivity contribution is 6.36. The molecule has 1 unspecified atom stereocenters. The van der Waals surface area contributed by atoms with E-state index < -0.39 is 29.7 Å². The number of carbonyl (C=O) groups is 5. The molecular formula is C26H28N2O7. The van der Waals surface area contributed by atoms with Crippen LogP contribution in [0, 0.1) is 5.92 Å². The topological polar surface area (TPSA) is 110 Å². The first kappa shape index (κ1) is 25.8. The van der Waals surface area contributed by atoms with Crippen LogP contribution in [-0.2, 0) is 19.1 Å². The number of barbiturate groups is 1. The number of amides is 4. The molecule has 9 heteroatoms. The smallest absolute Gasteiger partial charge is 0.342 e. The number of hydrogen-bond acceptors (Lipinski definition) is 7. The predicted octanol–water partition coefficient (Wildman–Crippen LogP) is 4.00. The Morgan fingerprint density at radius 3 is 1.80 bits per heavy atom. The average Bonchev–Trinajstić information content (AvgIpc) is 2.85. The van der Waals surface area contributed by atoms with E-state index in [1.807, 2.05) is 6.92 Å². The van der Waals surface area contributed by atoms with Gasteiger partial charge in [-0.3, -0.25) is 14.4 Å². The lowest BCUT2D eigenvalue weighted by Gasteiger charge is -2.37. The standard InChI is InChI=1S/C26H28N2O7/c1-4-5-6-22-23(30)27(20-11-7-18(8-12-20)17(2)29)26(33)28(24(22)31)21-13-9-19(10-14-21)25(32)35-16-15-34-3/h7-14,22H,4-6,15-16H2,1-3H3. The van der Waals surface area contributed by atoms with Gasteiger partial charge in [0.25, 0.3) is 0 Å². The molecule has 3 rings (SSSR count). The molecule has 1 saturated heterocycles. The highest BCUT2D eigenvalue weighted by atomic mass is 16.6. The van der Waals surface area contributed by atoms with Crippen LogP contribution in [0.15, 0.2) is 48.5 Å². The van der Waals surface area contributed by atoms with Crippen molar-refractivity contribution < 1.29 is 33.4 Å². The van der Waals surface area contributed by atoms with Crippen molar-refractivity contribution in [1.82, 2.24) is 0 Å². The maximum absolute atomic E-state index is 13.4. The van der Waals surface area contributed by atoms with Gasteiger partial charge in [0.15, 0.2) is 5.78 Å². The number of nitrogens with zero attached hydrogens (tertiary/aromatic N) is 2. The number of unbranched alkanes of at least 4 members (excludes halogenated alkanes) is 1. The van der Waals surface area contributed by atoms with Crippen LogP contribution in [0.1, 0.15) is 53.8 Å². The number of ether oxygens (including phenoxy) is 2. The maximum Gasteiger partial charge on any atom is 0.342 e. The highest BCUT2D eigenvalue weighted by Crippen LogP contribution is 2.31. The second kappa shape index (κ2) is 11.5. The number of hydrogen-bond donors (Lipinski definition) is 0. The quantitative estimate of drug-likeness (QED) is 0.219. The molecule has 0 saturated carbocycles. The van der Waals surface area contributed by atoms with Crippen molar-refractivity contribution in [3.63, 3.8) is 0 Å². The number of carbonyl (C=O) groups excluding carboxylic acids is 5. The molecule has 1 aliphatic rings. The largest absolute Gasteiger partial charge is 0.460 e. The lowest BCUT2D eigenvalue weighted by molar-refractivity contribution is -0.133. The van der Waals surface area contributed by atoms with Gasteiger partial charge in [0, 0.05) is 12.7 Å². The Morgan fingerprint density at radius 2 is 1.34 bits per heavy atom. The van der Waals surface area contributed by atoms with Crippen molar-refractivity contribution in [2.24, 2.45) is 5.92 Å². The summed E-state index contributed by atoms with van der Waals surface area (Å²) in [6, 6.07) is 11.1. The molecule has 1 atom stereocenters. The molecule has 1 aliphatic heterocycles. The average molecular weight is 481 g/mol. The van der Waals surface area contributed by atoms with Crippen molar-refractivity contribution in [2.45, 2.75) is 33.1 Å².